The molecular formula is C14H16ClN3O2. The molecule has 6 heteroatoms. The number of hydrogen-bond donors (Lipinski definition) is 1. The molecule has 0 unspecified atom stereocenters. The number of carboxylic acids is 1. The molecule has 106 valence electrons. The molecule has 2 aromatic rings. The van der Waals surface area contributed by atoms with Gasteiger partial charge in [0.1, 0.15) is 5.65 Å². The second kappa shape index (κ2) is 5.07. The molecule has 1 aliphatic heterocycles. The van der Waals surface area contributed by atoms with Gasteiger partial charge in [-0.25, -0.2) is 4.98 Å². The highest BCUT2D eigenvalue weighted by molar-refractivity contribution is 6.30. The van der Waals surface area contributed by atoms with Gasteiger partial charge in [-0.15, -0.1) is 0 Å². The number of rotatable bonds is 3. The van der Waals surface area contributed by atoms with Crippen LogP contribution >= 0.6 is 11.6 Å². The Balaban J connectivity index is 1.75. The van der Waals surface area contributed by atoms with E-state index in [9.17, 15) is 4.79 Å². The van der Waals surface area contributed by atoms with Gasteiger partial charge in [0, 0.05) is 32.0 Å². The predicted molar refractivity (Wildman–Crippen MR) is 75.8 cm³/mol. The Kier molecular flexibility index (Phi) is 3.40. The molecule has 20 heavy (non-hydrogen) atoms. The molecule has 0 aromatic carbocycles. The van der Waals surface area contributed by atoms with Crippen LogP contribution in [-0.2, 0) is 11.3 Å². The molecular weight excluding hydrogens is 278 g/mol. The lowest BCUT2D eigenvalue weighted by atomic mass is 9.99. The number of imidazole rings is 1. The van der Waals surface area contributed by atoms with Crippen molar-refractivity contribution < 1.29 is 9.90 Å². The van der Waals surface area contributed by atoms with Gasteiger partial charge < -0.3 is 9.51 Å². The Bertz CT molecular complexity index is 655. The van der Waals surface area contributed by atoms with Crippen LogP contribution in [0.15, 0.2) is 24.5 Å². The van der Waals surface area contributed by atoms with Gasteiger partial charge in [0.25, 0.3) is 0 Å². The highest BCUT2D eigenvalue weighted by atomic mass is 35.5. The summed E-state index contributed by atoms with van der Waals surface area (Å²) >= 11 is 5.95. The lowest BCUT2D eigenvalue weighted by molar-refractivity contribution is -0.142. The van der Waals surface area contributed by atoms with Crippen molar-refractivity contribution in [1.29, 1.82) is 0 Å². The van der Waals surface area contributed by atoms with Crippen LogP contribution in [0.2, 0.25) is 5.02 Å². The zero-order valence-electron chi connectivity index (χ0n) is 11.2. The summed E-state index contributed by atoms with van der Waals surface area (Å²) in [6, 6.07) is 3.69. The molecule has 2 atom stereocenters. The van der Waals surface area contributed by atoms with E-state index >= 15 is 0 Å². The summed E-state index contributed by atoms with van der Waals surface area (Å²) in [6.07, 6.45) is 3.76. The normalized spacial score (nSPS) is 23.5. The highest BCUT2D eigenvalue weighted by Gasteiger charge is 2.34. The number of aliphatic carboxylic acids is 1. The topological polar surface area (TPSA) is 57.8 Å². The van der Waals surface area contributed by atoms with Crippen LogP contribution in [-0.4, -0.2) is 38.4 Å². The molecule has 3 heterocycles. The van der Waals surface area contributed by atoms with Gasteiger partial charge in [-0.1, -0.05) is 18.5 Å². The van der Waals surface area contributed by atoms with Crippen LogP contribution in [0.1, 0.15) is 12.6 Å². The SMILES string of the molecule is C[C@@H]1CN(Cc2cn3cc(Cl)ccc3n2)C[C@H]1C(=O)O. The summed E-state index contributed by atoms with van der Waals surface area (Å²) in [7, 11) is 0. The third-order valence-corrected chi connectivity index (χ3v) is 4.08. The third-order valence-electron chi connectivity index (χ3n) is 3.86. The van der Waals surface area contributed by atoms with E-state index in [4.69, 9.17) is 16.7 Å². The molecule has 0 saturated carbocycles. The van der Waals surface area contributed by atoms with Gasteiger partial charge in [-0.2, -0.15) is 0 Å². The van der Waals surface area contributed by atoms with E-state index in [0.717, 1.165) is 17.9 Å². The first-order valence-electron chi connectivity index (χ1n) is 6.61. The van der Waals surface area contributed by atoms with E-state index in [0.29, 0.717) is 18.1 Å². The van der Waals surface area contributed by atoms with E-state index < -0.39 is 5.97 Å². The Morgan fingerprint density at radius 3 is 2.95 bits per heavy atom. The largest absolute Gasteiger partial charge is 0.481 e. The van der Waals surface area contributed by atoms with Crippen molar-refractivity contribution in [2.75, 3.05) is 13.1 Å². The summed E-state index contributed by atoms with van der Waals surface area (Å²) in [5.41, 5.74) is 1.79. The summed E-state index contributed by atoms with van der Waals surface area (Å²) < 4.78 is 1.89. The van der Waals surface area contributed by atoms with E-state index in [2.05, 4.69) is 9.88 Å². The number of nitrogens with zero attached hydrogens (tertiary/aromatic N) is 3. The van der Waals surface area contributed by atoms with Gasteiger partial charge in [0.15, 0.2) is 0 Å². The first-order chi connectivity index (χ1) is 9.52. The monoisotopic (exact) mass is 293 g/mol. The zero-order chi connectivity index (χ0) is 14.3. The van der Waals surface area contributed by atoms with E-state index in [1.54, 1.807) is 0 Å². The van der Waals surface area contributed by atoms with E-state index in [1.807, 2.05) is 35.9 Å². The van der Waals surface area contributed by atoms with E-state index in [-0.39, 0.29) is 11.8 Å². The number of fused-ring (bicyclic) bond motifs is 1. The maximum Gasteiger partial charge on any atom is 0.308 e. The fourth-order valence-corrected chi connectivity index (χ4v) is 3.01. The average molecular weight is 294 g/mol. The summed E-state index contributed by atoms with van der Waals surface area (Å²) in [6.45, 7) is 4.05. The lowest BCUT2D eigenvalue weighted by Crippen LogP contribution is -2.23. The number of likely N-dealkylation sites (tertiary alicyclic amines) is 1. The number of hydrogen-bond acceptors (Lipinski definition) is 3. The molecule has 1 aliphatic rings. The van der Waals surface area contributed by atoms with Crippen molar-refractivity contribution in [2.24, 2.45) is 11.8 Å². The van der Waals surface area contributed by atoms with Crippen LogP contribution in [0.4, 0.5) is 0 Å². The first kappa shape index (κ1) is 13.4. The highest BCUT2D eigenvalue weighted by Crippen LogP contribution is 2.24. The van der Waals surface area contributed by atoms with Crippen molar-refractivity contribution in [3.05, 3.63) is 35.2 Å². The molecule has 5 nitrogen and oxygen atoms in total. The molecule has 3 rings (SSSR count). The molecule has 0 spiro atoms. The van der Waals surface area contributed by atoms with Crippen molar-refractivity contribution in [3.63, 3.8) is 0 Å². The van der Waals surface area contributed by atoms with Crippen LogP contribution in [0, 0.1) is 11.8 Å². The van der Waals surface area contributed by atoms with Crippen molar-refractivity contribution in [3.8, 4) is 0 Å². The van der Waals surface area contributed by atoms with Gasteiger partial charge in [-0.3, -0.25) is 9.69 Å². The lowest BCUT2D eigenvalue weighted by Gasteiger charge is -2.12. The van der Waals surface area contributed by atoms with Crippen molar-refractivity contribution in [2.45, 2.75) is 13.5 Å². The van der Waals surface area contributed by atoms with Crippen LogP contribution < -0.4 is 0 Å². The predicted octanol–water partition coefficient (Wildman–Crippen LogP) is 2.14. The Hall–Kier alpha value is -1.59. The molecule has 0 amide bonds. The zero-order valence-corrected chi connectivity index (χ0v) is 11.9. The standard InChI is InChI=1S/C14H16ClN3O2/c1-9-4-17(8-12(9)14(19)20)6-11-7-18-5-10(15)2-3-13(18)16-11/h2-3,5,7,9,12H,4,6,8H2,1H3,(H,19,20)/t9-,12-/m1/s1. The maximum atomic E-state index is 11.1. The Morgan fingerprint density at radius 1 is 1.45 bits per heavy atom. The number of halogens is 1. The maximum absolute atomic E-state index is 11.1. The molecule has 0 radical (unpaired) electrons. The van der Waals surface area contributed by atoms with Crippen molar-refractivity contribution >= 4 is 23.2 Å². The van der Waals surface area contributed by atoms with Gasteiger partial charge in [0.2, 0.25) is 0 Å². The first-order valence-corrected chi connectivity index (χ1v) is 6.99. The third kappa shape index (κ3) is 2.51. The van der Waals surface area contributed by atoms with Crippen LogP contribution in [0.3, 0.4) is 0 Å². The molecule has 1 saturated heterocycles. The Labute approximate surface area is 121 Å². The van der Waals surface area contributed by atoms with E-state index in [1.165, 1.54) is 0 Å². The second-order valence-corrected chi connectivity index (χ2v) is 5.90. The minimum absolute atomic E-state index is 0.180. The minimum Gasteiger partial charge on any atom is -0.481 e. The molecule has 0 aliphatic carbocycles. The van der Waals surface area contributed by atoms with Gasteiger partial charge in [0.05, 0.1) is 16.6 Å². The van der Waals surface area contributed by atoms with Crippen molar-refractivity contribution in [1.82, 2.24) is 14.3 Å². The summed E-state index contributed by atoms with van der Waals surface area (Å²) in [5.74, 6) is -0.803. The molecule has 0 bridgehead atoms. The number of aromatic nitrogens is 2. The summed E-state index contributed by atoms with van der Waals surface area (Å²) in [4.78, 5) is 17.8. The molecule has 2 aromatic heterocycles. The number of carboxylic acid groups (broad SMARTS) is 1. The molecule has 1 N–H and O–H groups in total. The fourth-order valence-electron chi connectivity index (χ4n) is 2.84. The fraction of sp³-hybridized carbons (Fsp3) is 0.429. The molecule has 1 fully saturated rings. The average Bonchev–Trinajstić information content (AvgIpc) is 2.92. The second-order valence-electron chi connectivity index (χ2n) is 5.46. The van der Waals surface area contributed by atoms with Gasteiger partial charge >= 0.3 is 5.97 Å². The van der Waals surface area contributed by atoms with Crippen LogP contribution in [0.5, 0.6) is 0 Å². The van der Waals surface area contributed by atoms with Gasteiger partial charge in [-0.05, 0) is 18.1 Å². The number of carbonyl (C=O) groups is 1. The smallest absolute Gasteiger partial charge is 0.308 e. The quantitative estimate of drug-likeness (QED) is 0.942. The Morgan fingerprint density at radius 2 is 2.25 bits per heavy atom. The van der Waals surface area contributed by atoms with Crippen LogP contribution in [0.25, 0.3) is 5.65 Å². The minimum atomic E-state index is -0.707. The summed E-state index contributed by atoms with van der Waals surface area (Å²) in [5, 5.41) is 9.82. The number of pyridine rings is 1.